The van der Waals surface area contributed by atoms with Crippen LogP contribution in [0.2, 0.25) is 0 Å². The molecule has 0 aliphatic heterocycles. The number of methoxy groups -OCH3 is 1. The molecule has 0 saturated carbocycles. The molecular weight excluding hydrogens is 462 g/mol. The highest BCUT2D eigenvalue weighted by atomic mass is 79.9. The van der Waals surface area contributed by atoms with Crippen molar-refractivity contribution in [2.75, 3.05) is 13.7 Å². The van der Waals surface area contributed by atoms with Crippen LogP contribution in [0.15, 0.2) is 75.4 Å². The number of rotatable bonds is 7. The van der Waals surface area contributed by atoms with Crippen LogP contribution >= 0.6 is 27.3 Å². The van der Waals surface area contributed by atoms with Gasteiger partial charge in [0.05, 0.1) is 17.6 Å². The zero-order valence-corrected chi connectivity index (χ0v) is 18.2. The topological polar surface area (TPSA) is 72.5 Å². The van der Waals surface area contributed by atoms with E-state index in [-0.39, 0.29) is 17.3 Å². The molecule has 3 rings (SSSR count). The second kappa shape index (κ2) is 8.89. The number of halogens is 1. The highest BCUT2D eigenvalue weighted by Gasteiger charge is 2.30. The Labute approximate surface area is 176 Å². The maximum absolute atomic E-state index is 13.3. The predicted octanol–water partition coefficient (Wildman–Crippen LogP) is 4.46. The molecule has 1 unspecified atom stereocenters. The third kappa shape index (κ3) is 4.45. The normalized spacial score (nSPS) is 12.4. The zero-order valence-electron chi connectivity index (χ0n) is 15.0. The fourth-order valence-corrected chi connectivity index (χ4v) is 5.94. The monoisotopic (exact) mass is 479 g/mol. The van der Waals surface area contributed by atoms with Crippen molar-refractivity contribution < 1.29 is 17.9 Å². The molecule has 1 heterocycles. The number of carbonyl (C=O) groups is 1. The SMILES string of the molecule is COc1ccc(S(=O)(=O)C(CNC(=O)c2ccccc2Br)c2cccs2)cc1. The van der Waals surface area contributed by atoms with Gasteiger partial charge in [-0.15, -0.1) is 11.3 Å². The van der Waals surface area contributed by atoms with E-state index in [9.17, 15) is 13.2 Å². The largest absolute Gasteiger partial charge is 0.497 e. The first kappa shape index (κ1) is 20.6. The molecule has 8 heteroatoms. The van der Waals surface area contributed by atoms with Gasteiger partial charge in [-0.05, 0) is 63.8 Å². The molecule has 28 heavy (non-hydrogen) atoms. The molecule has 1 amide bonds. The number of hydrogen-bond donors (Lipinski definition) is 1. The third-order valence-corrected chi connectivity index (χ3v) is 8.12. The molecule has 5 nitrogen and oxygen atoms in total. The molecule has 0 saturated heterocycles. The second-order valence-electron chi connectivity index (χ2n) is 5.91. The van der Waals surface area contributed by atoms with Gasteiger partial charge >= 0.3 is 0 Å². The van der Waals surface area contributed by atoms with Gasteiger partial charge in [-0.2, -0.15) is 0 Å². The number of amides is 1. The van der Waals surface area contributed by atoms with Gasteiger partial charge in [0.1, 0.15) is 11.0 Å². The summed E-state index contributed by atoms with van der Waals surface area (Å²) in [5.41, 5.74) is 0.453. The van der Waals surface area contributed by atoms with Crippen molar-refractivity contribution in [3.63, 3.8) is 0 Å². The van der Waals surface area contributed by atoms with Crippen molar-refractivity contribution in [3.05, 3.63) is 81.0 Å². The van der Waals surface area contributed by atoms with E-state index in [1.807, 2.05) is 11.4 Å². The fraction of sp³-hybridized carbons (Fsp3) is 0.150. The molecule has 3 aromatic rings. The van der Waals surface area contributed by atoms with Gasteiger partial charge < -0.3 is 10.1 Å². The minimum atomic E-state index is -3.71. The molecule has 1 atom stereocenters. The molecule has 2 aromatic carbocycles. The molecular formula is C20H18BrNO4S2. The molecule has 0 bridgehead atoms. The van der Waals surface area contributed by atoms with Crippen molar-refractivity contribution in [2.24, 2.45) is 0 Å². The fourth-order valence-electron chi connectivity index (χ4n) is 2.69. The van der Waals surface area contributed by atoms with Crippen LogP contribution in [0.5, 0.6) is 5.75 Å². The second-order valence-corrected chi connectivity index (χ2v) is 9.88. The van der Waals surface area contributed by atoms with E-state index >= 15 is 0 Å². The predicted molar refractivity (Wildman–Crippen MR) is 114 cm³/mol. The summed E-state index contributed by atoms with van der Waals surface area (Å²) in [4.78, 5) is 13.4. The van der Waals surface area contributed by atoms with Gasteiger partial charge in [0.25, 0.3) is 5.91 Å². The van der Waals surface area contributed by atoms with Gasteiger partial charge in [0, 0.05) is 15.9 Å². The Balaban J connectivity index is 1.87. The number of sulfone groups is 1. The molecule has 1 N–H and O–H groups in total. The Hall–Kier alpha value is -2.16. The van der Waals surface area contributed by atoms with Crippen LogP contribution in [0, 0.1) is 0 Å². The van der Waals surface area contributed by atoms with E-state index in [2.05, 4.69) is 21.2 Å². The Morgan fingerprint density at radius 2 is 1.82 bits per heavy atom. The summed E-state index contributed by atoms with van der Waals surface area (Å²) in [5.74, 6) is 0.243. The van der Waals surface area contributed by atoms with Gasteiger partial charge in [-0.25, -0.2) is 8.42 Å². The smallest absolute Gasteiger partial charge is 0.252 e. The summed E-state index contributed by atoms with van der Waals surface area (Å²) in [7, 11) is -2.19. The number of benzene rings is 2. The summed E-state index contributed by atoms with van der Waals surface area (Å²) in [6.45, 7) is -0.0327. The lowest BCUT2D eigenvalue weighted by molar-refractivity contribution is 0.0953. The first-order valence-electron chi connectivity index (χ1n) is 8.37. The quantitative estimate of drug-likeness (QED) is 0.542. The lowest BCUT2D eigenvalue weighted by Gasteiger charge is -2.18. The van der Waals surface area contributed by atoms with Crippen LogP contribution < -0.4 is 10.1 Å². The summed E-state index contributed by atoms with van der Waals surface area (Å²) in [5, 5.41) is 3.70. The Bertz CT molecular complexity index is 1050. The molecule has 0 aliphatic carbocycles. The molecule has 0 aliphatic rings. The van der Waals surface area contributed by atoms with Crippen LogP contribution in [0.4, 0.5) is 0 Å². The number of ether oxygens (including phenoxy) is 1. The first-order valence-corrected chi connectivity index (χ1v) is 11.6. The molecule has 146 valence electrons. The standard InChI is InChI=1S/C20H18BrNO4S2/c1-26-14-8-10-15(11-9-14)28(24,25)19(18-7-4-12-27-18)13-22-20(23)16-5-2-3-6-17(16)21/h2-12,19H,13H2,1H3,(H,22,23). The zero-order chi connectivity index (χ0) is 20.1. The van der Waals surface area contributed by atoms with Crippen LogP contribution in [-0.4, -0.2) is 28.0 Å². The minimum Gasteiger partial charge on any atom is -0.497 e. The Morgan fingerprint density at radius 1 is 1.11 bits per heavy atom. The number of nitrogens with one attached hydrogen (secondary N) is 1. The first-order chi connectivity index (χ1) is 13.4. The maximum atomic E-state index is 13.3. The molecule has 0 spiro atoms. The van der Waals surface area contributed by atoms with E-state index in [4.69, 9.17) is 4.74 Å². The average molecular weight is 480 g/mol. The summed E-state index contributed by atoms with van der Waals surface area (Å²) < 4.78 is 32.3. The van der Waals surface area contributed by atoms with Gasteiger partial charge in [-0.3, -0.25) is 4.79 Å². The van der Waals surface area contributed by atoms with Crippen molar-refractivity contribution in [2.45, 2.75) is 10.1 Å². The van der Waals surface area contributed by atoms with Crippen molar-refractivity contribution in [1.29, 1.82) is 0 Å². The van der Waals surface area contributed by atoms with Crippen LogP contribution in [-0.2, 0) is 9.84 Å². The van der Waals surface area contributed by atoms with Crippen LogP contribution in [0.25, 0.3) is 0 Å². The van der Waals surface area contributed by atoms with Gasteiger partial charge in [0.15, 0.2) is 9.84 Å². The lowest BCUT2D eigenvalue weighted by Crippen LogP contribution is -2.31. The Morgan fingerprint density at radius 3 is 2.43 bits per heavy atom. The summed E-state index contributed by atoms with van der Waals surface area (Å²) in [6.07, 6.45) is 0. The molecule has 0 fully saturated rings. The number of carbonyl (C=O) groups excluding carboxylic acids is 1. The highest BCUT2D eigenvalue weighted by Crippen LogP contribution is 2.32. The van der Waals surface area contributed by atoms with Gasteiger partial charge in [-0.1, -0.05) is 18.2 Å². The highest BCUT2D eigenvalue weighted by molar-refractivity contribution is 9.10. The number of thiophene rings is 1. The van der Waals surface area contributed by atoms with Crippen molar-refractivity contribution in [1.82, 2.24) is 5.32 Å². The third-order valence-electron chi connectivity index (χ3n) is 4.19. The van der Waals surface area contributed by atoms with Crippen LogP contribution in [0.1, 0.15) is 20.5 Å². The molecule has 1 aromatic heterocycles. The van der Waals surface area contributed by atoms with Gasteiger partial charge in [0.2, 0.25) is 0 Å². The molecule has 0 radical (unpaired) electrons. The Kier molecular flexibility index (Phi) is 6.53. The minimum absolute atomic E-state index is 0.0327. The average Bonchev–Trinajstić information content (AvgIpc) is 3.22. The number of hydrogen-bond acceptors (Lipinski definition) is 5. The summed E-state index contributed by atoms with van der Waals surface area (Å²) in [6, 6.07) is 16.8. The van der Waals surface area contributed by atoms with E-state index in [0.29, 0.717) is 20.7 Å². The maximum Gasteiger partial charge on any atom is 0.252 e. The van der Waals surface area contributed by atoms with E-state index < -0.39 is 15.1 Å². The van der Waals surface area contributed by atoms with E-state index in [1.54, 1.807) is 42.5 Å². The lowest BCUT2D eigenvalue weighted by atomic mass is 10.2. The van der Waals surface area contributed by atoms with Crippen molar-refractivity contribution in [3.8, 4) is 5.75 Å². The van der Waals surface area contributed by atoms with E-state index in [0.717, 1.165) is 0 Å². The summed E-state index contributed by atoms with van der Waals surface area (Å²) >= 11 is 4.69. The van der Waals surface area contributed by atoms with E-state index in [1.165, 1.54) is 30.6 Å². The van der Waals surface area contributed by atoms with Crippen molar-refractivity contribution >= 4 is 43.0 Å². The van der Waals surface area contributed by atoms with Crippen LogP contribution in [0.3, 0.4) is 0 Å².